The van der Waals surface area contributed by atoms with Crippen molar-refractivity contribution in [3.8, 4) is 5.75 Å². The standard InChI is InChI=1S/C21H35N3O4S/c1-18-7-4-14-23(17-18)15-6-13-22-21(25)8-5-16-24(29(3,26)27)19-9-11-20(28-2)12-10-19/h9-12,18H,4-8,13-17H2,1-3H3,(H,22,25). The number of sulfonamides is 1. The van der Waals surface area contributed by atoms with Gasteiger partial charge in [0.25, 0.3) is 0 Å². The molecule has 0 radical (unpaired) electrons. The Balaban J connectivity index is 1.70. The van der Waals surface area contributed by atoms with Gasteiger partial charge in [-0.2, -0.15) is 0 Å². The lowest BCUT2D eigenvalue weighted by Gasteiger charge is -2.30. The molecule has 1 aliphatic rings. The lowest BCUT2D eigenvalue weighted by Crippen LogP contribution is -2.36. The van der Waals surface area contributed by atoms with Crippen molar-refractivity contribution in [1.29, 1.82) is 0 Å². The van der Waals surface area contributed by atoms with E-state index in [0.29, 0.717) is 30.8 Å². The van der Waals surface area contributed by atoms with Gasteiger partial charge in [-0.15, -0.1) is 0 Å². The molecule has 1 amide bonds. The summed E-state index contributed by atoms with van der Waals surface area (Å²) in [6, 6.07) is 6.87. The first-order valence-electron chi connectivity index (χ1n) is 10.4. The van der Waals surface area contributed by atoms with Gasteiger partial charge in [-0.05, 0) is 69.0 Å². The van der Waals surface area contributed by atoms with Crippen molar-refractivity contribution < 1.29 is 17.9 Å². The molecule has 0 aromatic heterocycles. The first-order chi connectivity index (χ1) is 13.8. The molecule has 1 heterocycles. The van der Waals surface area contributed by atoms with Crippen molar-refractivity contribution in [2.45, 2.75) is 39.0 Å². The Labute approximate surface area is 175 Å². The molecule has 8 heteroatoms. The molecule has 0 saturated carbocycles. The SMILES string of the molecule is COc1ccc(N(CCCC(=O)NCCCN2CCCC(C)C2)S(C)(=O)=O)cc1. The van der Waals surface area contributed by atoms with Gasteiger partial charge >= 0.3 is 0 Å². The minimum Gasteiger partial charge on any atom is -0.497 e. The zero-order valence-electron chi connectivity index (χ0n) is 17.9. The molecule has 0 aliphatic carbocycles. The van der Waals surface area contributed by atoms with E-state index in [1.807, 2.05) is 0 Å². The van der Waals surface area contributed by atoms with Crippen LogP contribution >= 0.6 is 0 Å². The molecule has 7 nitrogen and oxygen atoms in total. The monoisotopic (exact) mass is 425 g/mol. The maximum absolute atomic E-state index is 12.1. The van der Waals surface area contributed by atoms with Crippen molar-refractivity contribution in [3.05, 3.63) is 24.3 Å². The Hall–Kier alpha value is -1.80. The topological polar surface area (TPSA) is 79.0 Å². The number of nitrogens with zero attached hydrogens (tertiary/aromatic N) is 2. The van der Waals surface area contributed by atoms with Gasteiger partial charge < -0.3 is 15.0 Å². The fourth-order valence-electron chi connectivity index (χ4n) is 3.73. The first kappa shape index (κ1) is 23.5. The number of hydrogen-bond acceptors (Lipinski definition) is 5. The number of benzene rings is 1. The Morgan fingerprint density at radius 3 is 2.62 bits per heavy atom. The van der Waals surface area contributed by atoms with Crippen LogP contribution in [-0.4, -0.2) is 65.3 Å². The maximum Gasteiger partial charge on any atom is 0.232 e. The average Bonchev–Trinajstić information content (AvgIpc) is 2.68. The Morgan fingerprint density at radius 1 is 1.28 bits per heavy atom. The predicted molar refractivity (Wildman–Crippen MR) is 117 cm³/mol. The number of piperidine rings is 1. The highest BCUT2D eigenvalue weighted by Gasteiger charge is 2.18. The quantitative estimate of drug-likeness (QED) is 0.551. The van der Waals surface area contributed by atoms with Gasteiger partial charge in [0.15, 0.2) is 0 Å². The zero-order valence-corrected chi connectivity index (χ0v) is 18.7. The number of anilines is 1. The molecule has 1 unspecified atom stereocenters. The van der Waals surface area contributed by atoms with E-state index in [1.54, 1.807) is 31.4 Å². The number of carbonyl (C=O) groups is 1. The maximum atomic E-state index is 12.1. The summed E-state index contributed by atoms with van der Waals surface area (Å²) in [5, 5.41) is 2.95. The summed E-state index contributed by atoms with van der Waals surface area (Å²) >= 11 is 0. The molecule has 1 aliphatic heterocycles. The number of hydrogen-bond donors (Lipinski definition) is 1. The van der Waals surface area contributed by atoms with E-state index >= 15 is 0 Å². The minimum absolute atomic E-state index is 0.0276. The third kappa shape index (κ3) is 8.22. The molecule has 1 N–H and O–H groups in total. The van der Waals surface area contributed by atoms with Crippen LogP contribution in [-0.2, 0) is 14.8 Å². The highest BCUT2D eigenvalue weighted by Crippen LogP contribution is 2.22. The molecule has 1 atom stereocenters. The van der Waals surface area contributed by atoms with Gasteiger partial charge in [-0.1, -0.05) is 6.92 Å². The number of methoxy groups -OCH3 is 1. The van der Waals surface area contributed by atoms with Crippen LogP contribution in [0.5, 0.6) is 5.75 Å². The van der Waals surface area contributed by atoms with E-state index in [0.717, 1.165) is 32.0 Å². The Morgan fingerprint density at radius 2 is 2.00 bits per heavy atom. The lowest BCUT2D eigenvalue weighted by molar-refractivity contribution is -0.121. The number of amides is 1. The van der Waals surface area contributed by atoms with E-state index in [2.05, 4.69) is 17.1 Å². The molecular formula is C21H35N3O4S. The van der Waals surface area contributed by atoms with E-state index < -0.39 is 10.0 Å². The molecule has 29 heavy (non-hydrogen) atoms. The highest BCUT2D eigenvalue weighted by molar-refractivity contribution is 7.92. The van der Waals surface area contributed by atoms with E-state index in [1.165, 1.54) is 23.4 Å². The lowest BCUT2D eigenvalue weighted by atomic mass is 10.0. The van der Waals surface area contributed by atoms with Crippen LogP contribution < -0.4 is 14.4 Å². The van der Waals surface area contributed by atoms with Gasteiger partial charge in [0.05, 0.1) is 19.1 Å². The number of rotatable bonds is 11. The summed E-state index contributed by atoms with van der Waals surface area (Å²) in [6.45, 7) is 6.55. The summed E-state index contributed by atoms with van der Waals surface area (Å²) in [7, 11) is -1.85. The Kier molecular flexibility index (Phi) is 9.23. The van der Waals surface area contributed by atoms with Gasteiger partial charge in [0.1, 0.15) is 5.75 Å². The molecule has 164 valence electrons. The zero-order chi connectivity index (χ0) is 21.3. The van der Waals surface area contributed by atoms with Crippen molar-refractivity contribution >= 4 is 21.6 Å². The smallest absolute Gasteiger partial charge is 0.232 e. The summed E-state index contributed by atoms with van der Waals surface area (Å²) < 4.78 is 30.7. The average molecular weight is 426 g/mol. The second-order valence-electron chi connectivity index (χ2n) is 7.89. The summed E-state index contributed by atoms with van der Waals surface area (Å²) in [6.07, 6.45) is 5.48. The van der Waals surface area contributed by atoms with Crippen LogP contribution in [0.2, 0.25) is 0 Å². The number of ether oxygens (including phenoxy) is 1. The van der Waals surface area contributed by atoms with Crippen molar-refractivity contribution in [2.75, 3.05) is 50.4 Å². The van der Waals surface area contributed by atoms with Crippen LogP contribution in [0.15, 0.2) is 24.3 Å². The number of likely N-dealkylation sites (tertiary alicyclic amines) is 1. The van der Waals surface area contributed by atoms with Crippen LogP contribution in [0, 0.1) is 5.92 Å². The van der Waals surface area contributed by atoms with E-state index in [4.69, 9.17) is 4.74 Å². The third-order valence-electron chi connectivity index (χ3n) is 5.24. The molecule has 2 rings (SSSR count). The molecule has 1 fully saturated rings. The number of carbonyl (C=O) groups excluding carboxylic acids is 1. The fourth-order valence-corrected chi connectivity index (χ4v) is 4.69. The molecule has 0 bridgehead atoms. The summed E-state index contributed by atoms with van der Waals surface area (Å²) in [4.78, 5) is 14.6. The molecule has 1 aromatic carbocycles. The van der Waals surface area contributed by atoms with Gasteiger partial charge in [0.2, 0.25) is 15.9 Å². The minimum atomic E-state index is -3.42. The van der Waals surface area contributed by atoms with Gasteiger partial charge in [-0.25, -0.2) is 8.42 Å². The van der Waals surface area contributed by atoms with E-state index in [-0.39, 0.29) is 12.5 Å². The summed E-state index contributed by atoms with van der Waals surface area (Å²) in [5.74, 6) is 1.41. The van der Waals surface area contributed by atoms with Crippen LogP contribution in [0.25, 0.3) is 0 Å². The van der Waals surface area contributed by atoms with Crippen LogP contribution in [0.4, 0.5) is 5.69 Å². The highest BCUT2D eigenvalue weighted by atomic mass is 32.2. The molecular weight excluding hydrogens is 390 g/mol. The van der Waals surface area contributed by atoms with Gasteiger partial charge in [-0.3, -0.25) is 9.10 Å². The van der Waals surface area contributed by atoms with Crippen LogP contribution in [0.1, 0.15) is 39.0 Å². The summed E-state index contributed by atoms with van der Waals surface area (Å²) in [5.41, 5.74) is 0.574. The fraction of sp³-hybridized carbons (Fsp3) is 0.667. The van der Waals surface area contributed by atoms with Crippen molar-refractivity contribution in [1.82, 2.24) is 10.2 Å². The van der Waals surface area contributed by atoms with Crippen LogP contribution in [0.3, 0.4) is 0 Å². The predicted octanol–water partition coefficient (Wildman–Crippen LogP) is 2.48. The van der Waals surface area contributed by atoms with Crippen molar-refractivity contribution in [2.24, 2.45) is 5.92 Å². The second-order valence-corrected chi connectivity index (χ2v) is 9.80. The normalized spacial score (nSPS) is 17.7. The first-order valence-corrected chi connectivity index (χ1v) is 12.2. The van der Waals surface area contributed by atoms with Crippen molar-refractivity contribution in [3.63, 3.8) is 0 Å². The van der Waals surface area contributed by atoms with E-state index in [9.17, 15) is 13.2 Å². The third-order valence-corrected chi connectivity index (χ3v) is 6.43. The molecule has 1 aromatic rings. The second kappa shape index (κ2) is 11.4. The van der Waals surface area contributed by atoms with Gasteiger partial charge in [0, 0.05) is 26.1 Å². The Bertz CT molecular complexity index is 737. The molecule has 0 spiro atoms. The molecule has 1 saturated heterocycles. The number of nitrogens with one attached hydrogen (secondary N) is 1. The largest absolute Gasteiger partial charge is 0.497 e.